The summed E-state index contributed by atoms with van der Waals surface area (Å²) in [6.45, 7) is 5.57. The van der Waals surface area contributed by atoms with E-state index in [4.69, 9.17) is 5.73 Å². The summed E-state index contributed by atoms with van der Waals surface area (Å²) in [7, 11) is 0. The molecule has 12 heavy (non-hydrogen) atoms. The molecule has 0 spiro atoms. The maximum Gasteiger partial charge on any atom is 0.332 e. The van der Waals surface area contributed by atoms with Crippen LogP contribution < -0.4 is 11.2 Å². The van der Waals surface area contributed by atoms with Crippen molar-refractivity contribution < 1.29 is 4.79 Å². The second-order valence-corrected chi connectivity index (χ2v) is 2.33. The highest BCUT2D eigenvalue weighted by molar-refractivity contribution is 5.85. The Bertz CT molecular complexity index is 187. The van der Waals surface area contributed by atoms with Gasteiger partial charge >= 0.3 is 6.03 Å². The number of amides is 2. The molecule has 0 aliphatic heterocycles. The summed E-state index contributed by atoms with van der Waals surface area (Å²) in [5.41, 5.74) is 7.97. The monoisotopic (exact) mass is 169 g/mol. The van der Waals surface area contributed by atoms with E-state index in [-0.39, 0.29) is 0 Å². The molecule has 0 unspecified atom stereocenters. The summed E-state index contributed by atoms with van der Waals surface area (Å²) < 4.78 is 0. The average molecular weight is 169 g/mol. The predicted octanol–water partition coefficient (Wildman–Crippen LogP) is 1.39. The van der Waals surface area contributed by atoms with E-state index in [0.717, 1.165) is 25.0 Å². The van der Waals surface area contributed by atoms with Crippen LogP contribution in [0.4, 0.5) is 4.79 Å². The van der Waals surface area contributed by atoms with Crippen molar-refractivity contribution >= 4 is 11.7 Å². The van der Waals surface area contributed by atoms with Gasteiger partial charge in [0.25, 0.3) is 0 Å². The minimum atomic E-state index is -0.625. The van der Waals surface area contributed by atoms with Crippen LogP contribution in [-0.4, -0.2) is 11.7 Å². The molecule has 0 aliphatic rings. The fourth-order valence-electron chi connectivity index (χ4n) is 0.715. The standard InChI is InChI=1S/C8H15N3O/c1-3-5-6-7(4-2)10-11-8(9)12/h3H,1,4-6H2,2H3,(H3,9,11,12). The van der Waals surface area contributed by atoms with Crippen LogP contribution in [0.1, 0.15) is 26.2 Å². The topological polar surface area (TPSA) is 67.5 Å². The zero-order valence-electron chi connectivity index (χ0n) is 7.34. The molecule has 0 aromatic heterocycles. The van der Waals surface area contributed by atoms with Crippen molar-refractivity contribution in [3.63, 3.8) is 0 Å². The highest BCUT2D eigenvalue weighted by atomic mass is 16.2. The Hall–Kier alpha value is -1.32. The predicted molar refractivity (Wildman–Crippen MR) is 49.9 cm³/mol. The molecule has 0 heterocycles. The van der Waals surface area contributed by atoms with Gasteiger partial charge in [-0.1, -0.05) is 13.0 Å². The largest absolute Gasteiger partial charge is 0.350 e. The Balaban J connectivity index is 3.85. The number of carbonyl (C=O) groups is 1. The van der Waals surface area contributed by atoms with Gasteiger partial charge in [0, 0.05) is 5.71 Å². The van der Waals surface area contributed by atoms with Crippen molar-refractivity contribution in [2.75, 3.05) is 0 Å². The highest BCUT2D eigenvalue weighted by Crippen LogP contribution is 1.96. The number of carbonyl (C=O) groups excluding carboxylic acids is 1. The molecule has 2 amide bonds. The number of allylic oxidation sites excluding steroid dienone is 1. The molecule has 4 nitrogen and oxygen atoms in total. The summed E-state index contributed by atoms with van der Waals surface area (Å²) in [4.78, 5) is 10.3. The van der Waals surface area contributed by atoms with Gasteiger partial charge < -0.3 is 5.73 Å². The fourth-order valence-corrected chi connectivity index (χ4v) is 0.715. The normalized spacial score (nSPS) is 10.9. The first kappa shape index (κ1) is 10.7. The summed E-state index contributed by atoms with van der Waals surface area (Å²) in [5, 5.41) is 3.82. The van der Waals surface area contributed by atoms with E-state index in [1.807, 2.05) is 13.0 Å². The molecule has 4 heteroatoms. The number of hydrogen-bond donors (Lipinski definition) is 2. The maximum absolute atomic E-state index is 10.3. The molecule has 0 aromatic carbocycles. The third-order valence-electron chi connectivity index (χ3n) is 1.37. The second-order valence-electron chi connectivity index (χ2n) is 2.33. The molecule has 3 N–H and O–H groups in total. The van der Waals surface area contributed by atoms with Gasteiger partial charge in [-0.05, 0) is 19.3 Å². The Kier molecular flexibility index (Phi) is 5.69. The SMILES string of the molecule is C=CCCC(CC)=NNC(N)=O. The molecule has 0 atom stereocenters. The highest BCUT2D eigenvalue weighted by Gasteiger charge is 1.95. The molecule has 0 fully saturated rings. The number of urea groups is 1. The van der Waals surface area contributed by atoms with Crippen LogP contribution >= 0.6 is 0 Å². The lowest BCUT2D eigenvalue weighted by Crippen LogP contribution is -2.25. The Labute approximate surface area is 72.5 Å². The van der Waals surface area contributed by atoms with Crippen LogP contribution in [-0.2, 0) is 0 Å². The van der Waals surface area contributed by atoms with Gasteiger partial charge in [0.05, 0.1) is 0 Å². The molecule has 0 saturated heterocycles. The van der Waals surface area contributed by atoms with Crippen LogP contribution in [0.15, 0.2) is 17.8 Å². The average Bonchev–Trinajstić information content (AvgIpc) is 2.05. The zero-order chi connectivity index (χ0) is 9.40. The lowest BCUT2D eigenvalue weighted by Gasteiger charge is -2.00. The van der Waals surface area contributed by atoms with E-state index in [2.05, 4.69) is 17.1 Å². The van der Waals surface area contributed by atoms with E-state index < -0.39 is 6.03 Å². The molecule has 0 aliphatic carbocycles. The van der Waals surface area contributed by atoms with Gasteiger partial charge in [-0.3, -0.25) is 0 Å². The minimum absolute atomic E-state index is 0.625. The van der Waals surface area contributed by atoms with E-state index >= 15 is 0 Å². The summed E-state index contributed by atoms with van der Waals surface area (Å²) in [6.07, 6.45) is 4.32. The third kappa shape index (κ3) is 5.46. The minimum Gasteiger partial charge on any atom is -0.350 e. The molecule has 0 saturated carbocycles. The van der Waals surface area contributed by atoms with Crippen LogP contribution in [0, 0.1) is 0 Å². The van der Waals surface area contributed by atoms with E-state index in [9.17, 15) is 4.79 Å². The van der Waals surface area contributed by atoms with Crippen LogP contribution in [0.5, 0.6) is 0 Å². The lowest BCUT2D eigenvalue weighted by atomic mass is 10.2. The van der Waals surface area contributed by atoms with Crippen LogP contribution in [0.3, 0.4) is 0 Å². The van der Waals surface area contributed by atoms with Crippen molar-refractivity contribution in [2.45, 2.75) is 26.2 Å². The number of hydrazone groups is 1. The number of nitrogens with two attached hydrogens (primary N) is 1. The molecule has 68 valence electrons. The van der Waals surface area contributed by atoms with Crippen LogP contribution in [0.25, 0.3) is 0 Å². The van der Waals surface area contributed by atoms with Crippen molar-refractivity contribution in [1.29, 1.82) is 0 Å². The second kappa shape index (κ2) is 6.39. The van der Waals surface area contributed by atoms with E-state index in [1.54, 1.807) is 0 Å². The smallest absolute Gasteiger partial charge is 0.332 e. The van der Waals surface area contributed by atoms with Gasteiger partial charge in [-0.25, -0.2) is 10.2 Å². The van der Waals surface area contributed by atoms with Crippen molar-refractivity contribution in [1.82, 2.24) is 5.43 Å². The molecular weight excluding hydrogens is 154 g/mol. The number of nitrogens with zero attached hydrogens (tertiary/aromatic N) is 1. The van der Waals surface area contributed by atoms with Gasteiger partial charge in [-0.2, -0.15) is 5.10 Å². The quantitative estimate of drug-likeness (QED) is 0.364. The molecule has 0 radical (unpaired) electrons. The first-order valence-electron chi connectivity index (χ1n) is 3.92. The summed E-state index contributed by atoms with van der Waals surface area (Å²) in [6, 6.07) is -0.625. The van der Waals surface area contributed by atoms with Crippen molar-refractivity contribution in [3.8, 4) is 0 Å². The zero-order valence-corrected chi connectivity index (χ0v) is 7.34. The van der Waals surface area contributed by atoms with Crippen molar-refractivity contribution in [3.05, 3.63) is 12.7 Å². The fraction of sp³-hybridized carbons (Fsp3) is 0.500. The Morgan fingerprint density at radius 2 is 2.42 bits per heavy atom. The number of rotatable bonds is 5. The van der Waals surface area contributed by atoms with E-state index in [0.29, 0.717) is 0 Å². The third-order valence-corrected chi connectivity index (χ3v) is 1.37. The van der Waals surface area contributed by atoms with Gasteiger partial charge in [0.1, 0.15) is 0 Å². The number of nitrogens with one attached hydrogen (secondary N) is 1. The van der Waals surface area contributed by atoms with Gasteiger partial charge in [0.2, 0.25) is 0 Å². The molecule has 0 bridgehead atoms. The molecular formula is C8H15N3O. The molecule has 0 rings (SSSR count). The molecule has 0 aromatic rings. The maximum atomic E-state index is 10.3. The van der Waals surface area contributed by atoms with E-state index in [1.165, 1.54) is 0 Å². The number of primary amides is 1. The first-order valence-corrected chi connectivity index (χ1v) is 3.92. The number of hydrogen-bond acceptors (Lipinski definition) is 2. The Morgan fingerprint density at radius 3 is 2.83 bits per heavy atom. The summed E-state index contributed by atoms with van der Waals surface area (Å²) >= 11 is 0. The lowest BCUT2D eigenvalue weighted by molar-refractivity contribution is 0.249. The summed E-state index contributed by atoms with van der Waals surface area (Å²) in [5.74, 6) is 0. The Morgan fingerprint density at radius 1 is 1.75 bits per heavy atom. The first-order chi connectivity index (χ1) is 5.70. The van der Waals surface area contributed by atoms with Gasteiger partial charge in [0.15, 0.2) is 0 Å². The van der Waals surface area contributed by atoms with Crippen LogP contribution in [0.2, 0.25) is 0 Å². The van der Waals surface area contributed by atoms with Crippen molar-refractivity contribution in [2.24, 2.45) is 10.8 Å². The van der Waals surface area contributed by atoms with Gasteiger partial charge in [-0.15, -0.1) is 6.58 Å².